The summed E-state index contributed by atoms with van der Waals surface area (Å²) in [6, 6.07) is 3.70. The number of halogens is 2. The van der Waals surface area contributed by atoms with Crippen LogP contribution in [0.15, 0.2) is 18.2 Å². The van der Waals surface area contributed by atoms with Gasteiger partial charge in [0.15, 0.2) is 5.78 Å². The molecule has 0 amide bonds. The summed E-state index contributed by atoms with van der Waals surface area (Å²) < 4.78 is 12.7. The largest absolute Gasteiger partial charge is 0.330 e. The van der Waals surface area contributed by atoms with Crippen molar-refractivity contribution in [1.82, 2.24) is 0 Å². The minimum Gasteiger partial charge on any atom is -0.330 e. The van der Waals surface area contributed by atoms with Crippen LogP contribution in [0.3, 0.4) is 0 Å². The van der Waals surface area contributed by atoms with E-state index in [1.54, 1.807) is 0 Å². The highest BCUT2D eigenvalue weighted by atomic mass is 35.5. The standard InChI is InChI=1S/C9H9ClFNO/c10-8-2-1-6(11)5-7(8)9(13)3-4-12/h1-2,5H,3-4,12H2. The van der Waals surface area contributed by atoms with Crippen LogP contribution < -0.4 is 5.73 Å². The van der Waals surface area contributed by atoms with Crippen molar-refractivity contribution >= 4 is 17.4 Å². The first-order chi connectivity index (χ1) is 6.15. The molecule has 13 heavy (non-hydrogen) atoms. The molecule has 2 nitrogen and oxygen atoms in total. The Kier molecular flexibility index (Phi) is 3.39. The third kappa shape index (κ3) is 2.50. The number of Topliss-reactive ketones (excluding diaryl/α,β-unsaturated/α-hetero) is 1. The van der Waals surface area contributed by atoms with Crippen LogP contribution >= 0.6 is 11.6 Å². The minimum atomic E-state index is -0.468. The van der Waals surface area contributed by atoms with E-state index < -0.39 is 5.82 Å². The van der Waals surface area contributed by atoms with E-state index >= 15 is 0 Å². The van der Waals surface area contributed by atoms with Crippen LogP contribution in [-0.2, 0) is 0 Å². The zero-order valence-corrected chi connectivity index (χ0v) is 7.64. The molecule has 0 saturated heterocycles. The van der Waals surface area contributed by atoms with Gasteiger partial charge in [0.25, 0.3) is 0 Å². The Bertz CT molecular complexity index is 327. The second kappa shape index (κ2) is 4.35. The lowest BCUT2D eigenvalue weighted by atomic mass is 10.1. The Morgan fingerprint density at radius 2 is 2.23 bits per heavy atom. The van der Waals surface area contributed by atoms with Crippen molar-refractivity contribution in [2.24, 2.45) is 5.73 Å². The number of benzene rings is 1. The first-order valence-electron chi connectivity index (χ1n) is 3.83. The molecule has 1 rings (SSSR count). The fourth-order valence-corrected chi connectivity index (χ4v) is 1.20. The number of hydrogen-bond acceptors (Lipinski definition) is 2. The van der Waals surface area contributed by atoms with E-state index in [0.717, 1.165) is 6.07 Å². The van der Waals surface area contributed by atoms with E-state index in [4.69, 9.17) is 17.3 Å². The molecule has 0 spiro atoms. The molecule has 0 aliphatic heterocycles. The zero-order chi connectivity index (χ0) is 9.84. The first kappa shape index (κ1) is 10.2. The van der Waals surface area contributed by atoms with Gasteiger partial charge in [-0.2, -0.15) is 0 Å². The number of carbonyl (C=O) groups is 1. The summed E-state index contributed by atoms with van der Waals surface area (Å²) in [6.45, 7) is 0.242. The molecule has 0 radical (unpaired) electrons. The van der Waals surface area contributed by atoms with E-state index in [1.807, 2.05) is 0 Å². The Balaban J connectivity index is 2.99. The van der Waals surface area contributed by atoms with Gasteiger partial charge in [0.2, 0.25) is 0 Å². The average molecular weight is 202 g/mol. The predicted molar refractivity (Wildman–Crippen MR) is 49.4 cm³/mol. The molecule has 0 aliphatic rings. The maximum atomic E-state index is 12.7. The molecular formula is C9H9ClFNO. The lowest BCUT2D eigenvalue weighted by Crippen LogP contribution is -2.08. The minimum absolute atomic E-state index is 0.184. The molecule has 1 aromatic carbocycles. The van der Waals surface area contributed by atoms with Crippen LogP contribution in [0.1, 0.15) is 16.8 Å². The molecule has 0 saturated carbocycles. The van der Waals surface area contributed by atoms with Gasteiger partial charge in [0.05, 0.1) is 5.02 Å². The number of nitrogens with two attached hydrogens (primary N) is 1. The first-order valence-corrected chi connectivity index (χ1v) is 4.21. The zero-order valence-electron chi connectivity index (χ0n) is 6.89. The maximum absolute atomic E-state index is 12.7. The van der Waals surface area contributed by atoms with Gasteiger partial charge in [0, 0.05) is 12.0 Å². The smallest absolute Gasteiger partial charge is 0.165 e. The van der Waals surface area contributed by atoms with Gasteiger partial charge in [0.1, 0.15) is 5.82 Å². The molecule has 0 fully saturated rings. The second-order valence-electron chi connectivity index (χ2n) is 2.59. The van der Waals surface area contributed by atoms with Crippen LogP contribution in [0, 0.1) is 5.82 Å². The van der Waals surface area contributed by atoms with Crippen molar-refractivity contribution < 1.29 is 9.18 Å². The van der Waals surface area contributed by atoms with E-state index in [0.29, 0.717) is 0 Å². The fourth-order valence-electron chi connectivity index (χ4n) is 0.977. The topological polar surface area (TPSA) is 43.1 Å². The summed E-state index contributed by atoms with van der Waals surface area (Å²) in [5.74, 6) is -0.697. The third-order valence-electron chi connectivity index (χ3n) is 1.60. The molecule has 0 atom stereocenters. The summed E-state index contributed by atoms with van der Waals surface area (Å²) in [5, 5.41) is 0.264. The molecule has 2 N–H and O–H groups in total. The summed E-state index contributed by atoms with van der Waals surface area (Å²) in [5.41, 5.74) is 5.40. The van der Waals surface area contributed by atoms with Crippen molar-refractivity contribution in [3.63, 3.8) is 0 Å². The number of rotatable bonds is 3. The maximum Gasteiger partial charge on any atom is 0.165 e. The van der Waals surface area contributed by atoms with E-state index in [-0.39, 0.29) is 29.3 Å². The molecule has 0 aliphatic carbocycles. The Morgan fingerprint density at radius 1 is 1.54 bits per heavy atom. The van der Waals surface area contributed by atoms with Gasteiger partial charge in [-0.05, 0) is 24.7 Å². The van der Waals surface area contributed by atoms with Crippen molar-refractivity contribution in [3.8, 4) is 0 Å². The van der Waals surface area contributed by atoms with Gasteiger partial charge >= 0.3 is 0 Å². The predicted octanol–water partition coefficient (Wildman–Crippen LogP) is 2.01. The highest BCUT2D eigenvalue weighted by molar-refractivity contribution is 6.33. The molecular weight excluding hydrogens is 193 g/mol. The van der Waals surface area contributed by atoms with Crippen LogP contribution in [0.2, 0.25) is 5.02 Å². The van der Waals surface area contributed by atoms with Crippen molar-refractivity contribution in [3.05, 3.63) is 34.6 Å². The van der Waals surface area contributed by atoms with Crippen molar-refractivity contribution in [2.45, 2.75) is 6.42 Å². The van der Waals surface area contributed by atoms with Crippen molar-refractivity contribution in [1.29, 1.82) is 0 Å². The van der Waals surface area contributed by atoms with Gasteiger partial charge in [-0.25, -0.2) is 4.39 Å². The number of ketones is 1. The average Bonchev–Trinajstić information content (AvgIpc) is 2.09. The lowest BCUT2D eigenvalue weighted by molar-refractivity contribution is 0.0985. The van der Waals surface area contributed by atoms with Crippen LogP contribution in [0.5, 0.6) is 0 Å². The molecule has 1 aromatic rings. The Hall–Kier alpha value is -0.930. The Morgan fingerprint density at radius 3 is 2.85 bits per heavy atom. The summed E-state index contributed by atoms with van der Waals surface area (Å²) >= 11 is 5.70. The third-order valence-corrected chi connectivity index (χ3v) is 1.93. The van der Waals surface area contributed by atoms with Crippen LogP contribution in [-0.4, -0.2) is 12.3 Å². The van der Waals surface area contributed by atoms with Gasteiger partial charge in [-0.3, -0.25) is 4.79 Å². The normalized spacial score (nSPS) is 10.1. The molecule has 0 aromatic heterocycles. The van der Waals surface area contributed by atoms with Crippen molar-refractivity contribution in [2.75, 3.05) is 6.54 Å². The van der Waals surface area contributed by atoms with Gasteiger partial charge in [-0.1, -0.05) is 11.6 Å². The SMILES string of the molecule is NCCC(=O)c1cc(F)ccc1Cl. The van der Waals surface area contributed by atoms with Crippen LogP contribution in [0.25, 0.3) is 0 Å². The molecule has 0 unspecified atom stereocenters. The molecule has 4 heteroatoms. The molecule has 0 bridgehead atoms. The van der Waals surface area contributed by atoms with Gasteiger partial charge in [-0.15, -0.1) is 0 Å². The van der Waals surface area contributed by atoms with Gasteiger partial charge < -0.3 is 5.73 Å². The highest BCUT2D eigenvalue weighted by Crippen LogP contribution is 2.18. The summed E-state index contributed by atoms with van der Waals surface area (Å²) in [6.07, 6.45) is 0.184. The highest BCUT2D eigenvalue weighted by Gasteiger charge is 2.09. The Labute approximate surface area is 80.5 Å². The summed E-state index contributed by atoms with van der Waals surface area (Å²) in [7, 11) is 0. The van der Waals surface area contributed by atoms with Crippen LogP contribution in [0.4, 0.5) is 4.39 Å². The monoisotopic (exact) mass is 201 g/mol. The number of carbonyl (C=O) groups excluding carboxylic acids is 1. The molecule has 70 valence electrons. The quantitative estimate of drug-likeness (QED) is 0.761. The van der Waals surface area contributed by atoms with E-state index in [2.05, 4.69) is 0 Å². The lowest BCUT2D eigenvalue weighted by Gasteiger charge is -2.01. The number of hydrogen-bond donors (Lipinski definition) is 1. The van der Waals surface area contributed by atoms with E-state index in [1.165, 1.54) is 12.1 Å². The molecule has 0 heterocycles. The summed E-state index contributed by atoms with van der Waals surface area (Å²) in [4.78, 5) is 11.3. The fraction of sp³-hybridized carbons (Fsp3) is 0.222. The second-order valence-corrected chi connectivity index (χ2v) is 2.99. The van der Waals surface area contributed by atoms with E-state index in [9.17, 15) is 9.18 Å².